The topological polar surface area (TPSA) is 52.7 Å². The fraction of sp³-hybridized carbons (Fsp3) is 0.556. The SMILES string of the molecule is CC(=O)N[C@@]12CCN(Cc3ccc(Cl)cc3)C[C@@H]1CN(C(C)=O)C2. The highest BCUT2D eigenvalue weighted by Gasteiger charge is 2.50. The number of halogens is 1. The summed E-state index contributed by atoms with van der Waals surface area (Å²) >= 11 is 5.95. The molecule has 0 bridgehead atoms. The van der Waals surface area contributed by atoms with E-state index in [0.717, 1.165) is 31.1 Å². The largest absolute Gasteiger partial charge is 0.349 e. The van der Waals surface area contributed by atoms with Gasteiger partial charge in [-0.25, -0.2) is 0 Å². The van der Waals surface area contributed by atoms with Crippen LogP contribution < -0.4 is 5.32 Å². The van der Waals surface area contributed by atoms with Gasteiger partial charge in [-0.3, -0.25) is 14.5 Å². The van der Waals surface area contributed by atoms with E-state index < -0.39 is 0 Å². The van der Waals surface area contributed by atoms with Crippen molar-refractivity contribution >= 4 is 23.4 Å². The second-order valence-corrected chi connectivity index (χ2v) is 7.48. The van der Waals surface area contributed by atoms with Crippen LogP contribution in [-0.4, -0.2) is 53.3 Å². The lowest BCUT2D eigenvalue weighted by molar-refractivity contribution is -0.128. The molecule has 1 N–H and O–H groups in total. The van der Waals surface area contributed by atoms with E-state index in [4.69, 9.17) is 11.6 Å². The number of nitrogens with one attached hydrogen (secondary N) is 1. The van der Waals surface area contributed by atoms with E-state index in [1.807, 2.05) is 17.0 Å². The first-order valence-electron chi connectivity index (χ1n) is 8.39. The average molecular weight is 350 g/mol. The van der Waals surface area contributed by atoms with Crippen LogP contribution in [0.15, 0.2) is 24.3 Å². The third kappa shape index (κ3) is 3.57. The molecule has 0 unspecified atom stereocenters. The van der Waals surface area contributed by atoms with E-state index in [-0.39, 0.29) is 23.3 Å². The van der Waals surface area contributed by atoms with Gasteiger partial charge in [0.05, 0.1) is 5.54 Å². The van der Waals surface area contributed by atoms with Crippen molar-refractivity contribution in [2.75, 3.05) is 26.2 Å². The van der Waals surface area contributed by atoms with E-state index in [1.165, 1.54) is 5.56 Å². The highest BCUT2D eigenvalue weighted by atomic mass is 35.5. The third-order valence-corrected chi connectivity index (χ3v) is 5.49. The number of carbonyl (C=O) groups is 2. The maximum Gasteiger partial charge on any atom is 0.219 e. The van der Waals surface area contributed by atoms with Gasteiger partial charge in [0.2, 0.25) is 11.8 Å². The molecule has 24 heavy (non-hydrogen) atoms. The monoisotopic (exact) mass is 349 g/mol. The molecule has 0 aliphatic carbocycles. The molecule has 130 valence electrons. The van der Waals surface area contributed by atoms with Crippen LogP contribution in [0, 0.1) is 5.92 Å². The number of benzene rings is 1. The Morgan fingerprint density at radius 2 is 1.96 bits per heavy atom. The molecule has 0 radical (unpaired) electrons. The zero-order valence-corrected chi connectivity index (χ0v) is 15.0. The van der Waals surface area contributed by atoms with E-state index in [2.05, 4.69) is 22.3 Å². The lowest BCUT2D eigenvalue weighted by Gasteiger charge is -2.43. The molecule has 5 nitrogen and oxygen atoms in total. The Morgan fingerprint density at radius 3 is 2.58 bits per heavy atom. The van der Waals surface area contributed by atoms with Gasteiger partial charge in [0, 0.05) is 57.5 Å². The van der Waals surface area contributed by atoms with E-state index in [1.54, 1.807) is 13.8 Å². The number of piperidine rings is 1. The van der Waals surface area contributed by atoms with Gasteiger partial charge in [0.1, 0.15) is 0 Å². The van der Waals surface area contributed by atoms with E-state index in [0.29, 0.717) is 13.1 Å². The summed E-state index contributed by atoms with van der Waals surface area (Å²) in [5, 5.41) is 3.90. The molecule has 1 aromatic rings. The van der Waals surface area contributed by atoms with Crippen LogP contribution in [0.4, 0.5) is 0 Å². The zero-order chi connectivity index (χ0) is 17.3. The van der Waals surface area contributed by atoms with Crippen molar-refractivity contribution in [3.63, 3.8) is 0 Å². The Balaban J connectivity index is 1.71. The summed E-state index contributed by atoms with van der Waals surface area (Å²) < 4.78 is 0. The minimum absolute atomic E-state index is 0.0171. The van der Waals surface area contributed by atoms with Crippen molar-refractivity contribution in [2.45, 2.75) is 32.4 Å². The Labute approximate surface area is 147 Å². The Bertz CT molecular complexity index is 634. The number of rotatable bonds is 3. The minimum Gasteiger partial charge on any atom is -0.349 e. The first-order chi connectivity index (χ1) is 11.4. The second-order valence-electron chi connectivity index (χ2n) is 7.05. The number of hydrogen-bond donors (Lipinski definition) is 1. The van der Waals surface area contributed by atoms with Gasteiger partial charge in [-0.15, -0.1) is 0 Å². The molecule has 2 aliphatic rings. The summed E-state index contributed by atoms with van der Waals surface area (Å²) in [4.78, 5) is 27.8. The normalized spacial score (nSPS) is 27.0. The number of carbonyl (C=O) groups excluding carboxylic acids is 2. The van der Waals surface area contributed by atoms with Gasteiger partial charge < -0.3 is 10.2 Å². The smallest absolute Gasteiger partial charge is 0.219 e. The molecule has 2 amide bonds. The highest BCUT2D eigenvalue weighted by molar-refractivity contribution is 6.30. The Kier molecular flexibility index (Phi) is 4.83. The molecule has 0 spiro atoms. The summed E-state index contributed by atoms with van der Waals surface area (Å²) in [6.45, 7) is 7.16. The molecule has 2 heterocycles. The fourth-order valence-electron chi connectivity index (χ4n) is 4.04. The molecule has 2 fully saturated rings. The van der Waals surface area contributed by atoms with Gasteiger partial charge in [0.15, 0.2) is 0 Å². The number of fused-ring (bicyclic) bond motifs is 1. The summed E-state index contributed by atoms with van der Waals surface area (Å²) in [6, 6.07) is 7.92. The number of amides is 2. The third-order valence-electron chi connectivity index (χ3n) is 5.24. The molecule has 1 aromatic carbocycles. The van der Waals surface area contributed by atoms with Crippen molar-refractivity contribution < 1.29 is 9.59 Å². The number of nitrogens with zero attached hydrogens (tertiary/aromatic N) is 2. The van der Waals surface area contributed by atoms with E-state index in [9.17, 15) is 9.59 Å². The van der Waals surface area contributed by atoms with Crippen LogP contribution in [0.25, 0.3) is 0 Å². The quantitative estimate of drug-likeness (QED) is 0.906. The first kappa shape index (κ1) is 17.2. The molecule has 0 aromatic heterocycles. The van der Waals surface area contributed by atoms with Crippen LogP contribution in [0.1, 0.15) is 25.8 Å². The van der Waals surface area contributed by atoms with Crippen molar-refractivity contribution in [3.8, 4) is 0 Å². The van der Waals surface area contributed by atoms with Crippen LogP contribution >= 0.6 is 11.6 Å². The van der Waals surface area contributed by atoms with Crippen LogP contribution in [0.5, 0.6) is 0 Å². The first-order valence-corrected chi connectivity index (χ1v) is 8.77. The van der Waals surface area contributed by atoms with Crippen molar-refractivity contribution in [1.29, 1.82) is 0 Å². The molecule has 2 aliphatic heterocycles. The van der Waals surface area contributed by atoms with Crippen molar-refractivity contribution in [3.05, 3.63) is 34.9 Å². The maximum absolute atomic E-state index is 11.8. The van der Waals surface area contributed by atoms with Crippen LogP contribution in [0.2, 0.25) is 5.02 Å². The predicted molar refractivity (Wildman–Crippen MR) is 93.6 cm³/mol. The second kappa shape index (κ2) is 6.73. The summed E-state index contributed by atoms with van der Waals surface area (Å²) in [7, 11) is 0. The molecule has 2 atom stereocenters. The fourth-order valence-corrected chi connectivity index (χ4v) is 4.16. The lowest BCUT2D eigenvalue weighted by Crippen LogP contribution is -2.60. The number of hydrogen-bond acceptors (Lipinski definition) is 3. The highest BCUT2D eigenvalue weighted by Crippen LogP contribution is 2.36. The lowest BCUT2D eigenvalue weighted by atomic mass is 9.80. The Morgan fingerprint density at radius 1 is 1.25 bits per heavy atom. The average Bonchev–Trinajstić information content (AvgIpc) is 2.88. The summed E-state index contributed by atoms with van der Waals surface area (Å²) in [6.07, 6.45) is 0.870. The van der Waals surface area contributed by atoms with Crippen LogP contribution in [0.3, 0.4) is 0 Å². The summed E-state index contributed by atoms with van der Waals surface area (Å²) in [5.74, 6) is 0.335. The van der Waals surface area contributed by atoms with Crippen molar-refractivity contribution in [1.82, 2.24) is 15.1 Å². The van der Waals surface area contributed by atoms with Crippen molar-refractivity contribution in [2.24, 2.45) is 5.92 Å². The predicted octanol–water partition coefficient (Wildman–Crippen LogP) is 1.90. The molecule has 6 heteroatoms. The van der Waals surface area contributed by atoms with Crippen LogP contribution in [-0.2, 0) is 16.1 Å². The zero-order valence-electron chi connectivity index (χ0n) is 14.2. The molecule has 3 rings (SSSR count). The molecular weight excluding hydrogens is 326 g/mol. The van der Waals surface area contributed by atoms with Gasteiger partial charge >= 0.3 is 0 Å². The molecule has 2 saturated heterocycles. The molecule has 0 saturated carbocycles. The Hall–Kier alpha value is -1.59. The van der Waals surface area contributed by atoms with Gasteiger partial charge in [-0.05, 0) is 24.1 Å². The standard InChI is InChI=1S/C18H24ClN3O2/c1-13(23)20-18-7-8-21(9-15-3-5-17(19)6-4-15)10-16(18)11-22(12-18)14(2)24/h3-6,16H,7-12H2,1-2H3,(H,20,23)/t16-,18-/m1/s1. The summed E-state index contributed by atoms with van der Waals surface area (Å²) in [5.41, 5.74) is 0.960. The van der Waals surface area contributed by atoms with Gasteiger partial charge in [-0.2, -0.15) is 0 Å². The number of likely N-dealkylation sites (tertiary alicyclic amines) is 2. The van der Waals surface area contributed by atoms with E-state index >= 15 is 0 Å². The van der Waals surface area contributed by atoms with Gasteiger partial charge in [0.25, 0.3) is 0 Å². The maximum atomic E-state index is 11.8. The minimum atomic E-state index is -0.270. The van der Waals surface area contributed by atoms with Gasteiger partial charge in [-0.1, -0.05) is 23.7 Å². The molecular formula is C18H24ClN3O2.